The number of aryl methyl sites for hydroxylation is 2. The molecule has 2 aromatic carbocycles. The van der Waals surface area contributed by atoms with E-state index in [1.807, 2.05) is 66.4 Å². The average Bonchev–Trinajstić information content (AvgIpc) is 3.36. The number of carbonyl (C=O) groups excluding carboxylic acids is 3. The molecule has 0 atom stereocenters. The smallest absolute Gasteiger partial charge is 0.259 e. The van der Waals surface area contributed by atoms with Crippen LogP contribution in [0.4, 0.5) is 10.1 Å². The topological polar surface area (TPSA) is 84.3 Å². The SMILES string of the molecule is C=O.C=O.CN1CCSCC1.Cc1ccc(NC(=O)c2cnn(C(C)(C)C)c2-c2ccc(F)cc2)cc1C. The lowest BCUT2D eigenvalue weighted by Gasteiger charge is -2.23. The Morgan fingerprint density at radius 1 is 0.974 bits per heavy atom. The molecule has 0 bridgehead atoms. The lowest BCUT2D eigenvalue weighted by molar-refractivity contribution is -0.0987. The highest BCUT2D eigenvalue weighted by Gasteiger charge is 2.25. The molecule has 0 radical (unpaired) electrons. The summed E-state index contributed by atoms with van der Waals surface area (Å²) in [6, 6.07) is 11.9. The number of thioether (sulfide) groups is 1. The molecular formula is C29H39FN4O3S. The zero-order valence-electron chi connectivity index (χ0n) is 23.2. The van der Waals surface area contributed by atoms with Crippen molar-refractivity contribution in [1.29, 1.82) is 0 Å². The molecule has 4 rings (SSSR count). The summed E-state index contributed by atoms with van der Waals surface area (Å²) >= 11 is 2.06. The van der Waals surface area contributed by atoms with Gasteiger partial charge in [-0.25, -0.2) is 4.39 Å². The summed E-state index contributed by atoms with van der Waals surface area (Å²) in [5, 5.41) is 7.39. The van der Waals surface area contributed by atoms with Gasteiger partial charge >= 0.3 is 0 Å². The standard InChI is InChI=1S/C22H24FN3O.C5H11NS.2CH2O/c1-14-6-11-18(12-15(14)2)25-21(27)19-13-24-26(22(3,4)5)20(19)16-7-9-17(23)10-8-16;1-6-2-4-7-5-3-6;2*1-2/h6-13H,1-5H3,(H,25,27);2-5H2,1H3;2*1H2. The molecule has 1 amide bonds. The summed E-state index contributed by atoms with van der Waals surface area (Å²) < 4.78 is 15.2. The minimum atomic E-state index is -0.331. The molecule has 0 unspecified atom stereocenters. The number of rotatable bonds is 3. The lowest BCUT2D eigenvalue weighted by Crippen LogP contribution is -2.28. The number of halogens is 1. The number of hydrogen-bond acceptors (Lipinski definition) is 6. The summed E-state index contributed by atoms with van der Waals surface area (Å²) in [5.41, 5.74) is 4.55. The average molecular weight is 543 g/mol. The third-order valence-corrected chi connectivity index (χ3v) is 6.71. The van der Waals surface area contributed by atoms with Crippen LogP contribution in [0, 0.1) is 19.7 Å². The van der Waals surface area contributed by atoms with Crippen LogP contribution in [0.1, 0.15) is 42.3 Å². The number of hydrogen-bond donors (Lipinski definition) is 1. The number of benzene rings is 2. The molecule has 2 heterocycles. The maximum atomic E-state index is 13.4. The van der Waals surface area contributed by atoms with Gasteiger partial charge in [0, 0.05) is 35.8 Å². The minimum absolute atomic E-state index is 0.243. The first-order chi connectivity index (χ1) is 18.1. The van der Waals surface area contributed by atoms with Crippen molar-refractivity contribution >= 4 is 36.9 Å². The summed E-state index contributed by atoms with van der Waals surface area (Å²) in [6.07, 6.45) is 1.57. The van der Waals surface area contributed by atoms with Gasteiger partial charge in [0.1, 0.15) is 19.4 Å². The van der Waals surface area contributed by atoms with Crippen molar-refractivity contribution in [2.45, 2.75) is 40.2 Å². The van der Waals surface area contributed by atoms with Crippen molar-refractivity contribution in [3.63, 3.8) is 0 Å². The van der Waals surface area contributed by atoms with Crippen molar-refractivity contribution < 1.29 is 18.8 Å². The van der Waals surface area contributed by atoms with Gasteiger partial charge in [0.2, 0.25) is 0 Å². The van der Waals surface area contributed by atoms with Crippen LogP contribution in [0.5, 0.6) is 0 Å². The monoisotopic (exact) mass is 542 g/mol. The number of nitrogens with zero attached hydrogens (tertiary/aromatic N) is 3. The first-order valence-corrected chi connectivity index (χ1v) is 13.3. The van der Waals surface area contributed by atoms with Gasteiger partial charge in [-0.05, 0) is 89.2 Å². The van der Waals surface area contributed by atoms with Gasteiger partial charge in [0.25, 0.3) is 5.91 Å². The zero-order chi connectivity index (χ0) is 28.9. The van der Waals surface area contributed by atoms with Crippen LogP contribution in [-0.2, 0) is 15.1 Å². The zero-order valence-corrected chi connectivity index (χ0v) is 24.0. The second kappa shape index (κ2) is 15.8. The van der Waals surface area contributed by atoms with Crippen molar-refractivity contribution in [3.05, 3.63) is 71.2 Å². The molecule has 3 aromatic rings. The fraction of sp³-hybridized carbons (Fsp3) is 0.379. The molecule has 1 N–H and O–H groups in total. The summed E-state index contributed by atoms with van der Waals surface area (Å²) in [7, 11) is 2.18. The van der Waals surface area contributed by atoms with Crippen LogP contribution < -0.4 is 5.32 Å². The van der Waals surface area contributed by atoms with E-state index in [2.05, 4.69) is 34.1 Å². The van der Waals surface area contributed by atoms with E-state index >= 15 is 0 Å². The Morgan fingerprint density at radius 3 is 2.03 bits per heavy atom. The van der Waals surface area contributed by atoms with Crippen LogP contribution in [0.15, 0.2) is 48.7 Å². The summed E-state index contributed by atoms with van der Waals surface area (Å²) in [6.45, 7) is 16.6. The minimum Gasteiger partial charge on any atom is -0.322 e. The van der Waals surface area contributed by atoms with Crippen LogP contribution in [0.3, 0.4) is 0 Å². The van der Waals surface area contributed by atoms with Gasteiger partial charge < -0.3 is 19.8 Å². The van der Waals surface area contributed by atoms with E-state index in [4.69, 9.17) is 9.59 Å². The van der Waals surface area contributed by atoms with Crippen LogP contribution in [0.25, 0.3) is 11.3 Å². The van der Waals surface area contributed by atoms with Crippen LogP contribution >= 0.6 is 11.8 Å². The number of anilines is 1. The molecule has 0 spiro atoms. The number of nitrogens with one attached hydrogen (secondary N) is 1. The normalized spacial score (nSPS) is 13.0. The van der Waals surface area contributed by atoms with Gasteiger partial charge in [-0.15, -0.1) is 0 Å². The molecule has 1 fully saturated rings. The first kappa shape index (κ1) is 32.7. The van der Waals surface area contributed by atoms with Gasteiger partial charge in [0.15, 0.2) is 0 Å². The second-order valence-corrected chi connectivity index (χ2v) is 10.9. The number of carbonyl (C=O) groups is 3. The molecule has 1 aliphatic heterocycles. The predicted molar refractivity (Wildman–Crippen MR) is 156 cm³/mol. The van der Waals surface area contributed by atoms with Crippen LogP contribution in [0.2, 0.25) is 0 Å². The highest BCUT2D eigenvalue weighted by Crippen LogP contribution is 2.30. The van der Waals surface area contributed by atoms with E-state index in [9.17, 15) is 9.18 Å². The Bertz CT molecular complexity index is 1150. The van der Waals surface area contributed by atoms with E-state index in [0.29, 0.717) is 11.3 Å². The highest BCUT2D eigenvalue weighted by atomic mass is 32.2. The predicted octanol–water partition coefficient (Wildman–Crippen LogP) is 5.61. The lowest BCUT2D eigenvalue weighted by atomic mass is 10.0. The third-order valence-electron chi connectivity index (χ3n) is 5.77. The fourth-order valence-electron chi connectivity index (χ4n) is 3.58. The Kier molecular flexibility index (Phi) is 13.6. The molecule has 9 heteroatoms. The number of amides is 1. The molecule has 7 nitrogen and oxygen atoms in total. The summed E-state index contributed by atoms with van der Waals surface area (Å²) in [5.74, 6) is 2.10. The van der Waals surface area contributed by atoms with Crippen molar-refractivity contribution in [1.82, 2.24) is 14.7 Å². The van der Waals surface area contributed by atoms with Gasteiger partial charge in [-0.1, -0.05) is 6.07 Å². The quantitative estimate of drug-likeness (QED) is 0.463. The van der Waals surface area contributed by atoms with E-state index < -0.39 is 0 Å². The Hall–Kier alpha value is -3.30. The van der Waals surface area contributed by atoms with Crippen molar-refractivity contribution in [2.24, 2.45) is 0 Å². The largest absolute Gasteiger partial charge is 0.322 e. The van der Waals surface area contributed by atoms with Crippen LogP contribution in [-0.4, -0.2) is 65.8 Å². The van der Waals surface area contributed by atoms with Crippen molar-refractivity contribution in [2.75, 3.05) is 37.0 Å². The van der Waals surface area contributed by atoms with Gasteiger partial charge in [0.05, 0.1) is 23.0 Å². The summed E-state index contributed by atoms with van der Waals surface area (Å²) in [4.78, 5) is 31.3. The molecule has 1 aliphatic rings. The Balaban J connectivity index is 0.000000554. The van der Waals surface area contributed by atoms with E-state index in [1.165, 1.54) is 42.3 Å². The van der Waals surface area contributed by atoms with E-state index in [-0.39, 0.29) is 17.3 Å². The molecule has 1 aromatic heterocycles. The molecule has 1 saturated heterocycles. The molecule has 0 saturated carbocycles. The van der Waals surface area contributed by atoms with Gasteiger partial charge in [-0.3, -0.25) is 9.48 Å². The third kappa shape index (κ3) is 9.54. The van der Waals surface area contributed by atoms with E-state index in [1.54, 1.807) is 23.0 Å². The molecule has 38 heavy (non-hydrogen) atoms. The van der Waals surface area contributed by atoms with Crippen molar-refractivity contribution in [3.8, 4) is 11.3 Å². The molecule has 206 valence electrons. The number of aromatic nitrogens is 2. The maximum absolute atomic E-state index is 13.4. The Labute approximate surface area is 229 Å². The first-order valence-electron chi connectivity index (χ1n) is 12.1. The van der Waals surface area contributed by atoms with Gasteiger partial charge in [-0.2, -0.15) is 16.9 Å². The molecule has 0 aliphatic carbocycles. The maximum Gasteiger partial charge on any atom is 0.259 e. The van der Waals surface area contributed by atoms with E-state index in [0.717, 1.165) is 16.8 Å². The second-order valence-electron chi connectivity index (χ2n) is 9.67. The fourth-order valence-corrected chi connectivity index (χ4v) is 4.67. The Morgan fingerprint density at radius 2 is 1.55 bits per heavy atom. The molecular weight excluding hydrogens is 503 g/mol. The highest BCUT2D eigenvalue weighted by molar-refractivity contribution is 7.99.